The Morgan fingerprint density at radius 2 is 2.00 bits per heavy atom. The van der Waals surface area contributed by atoms with Crippen molar-refractivity contribution in [2.75, 3.05) is 31.6 Å². The number of carbonyl (C=O) groups is 2. The second kappa shape index (κ2) is 6.75. The molecular formula is C17H17ClN6O3. The first-order valence-corrected chi connectivity index (χ1v) is 8.80. The monoisotopic (exact) mass is 388 g/mol. The fraction of sp³-hybridized carbons (Fsp3) is 0.353. The smallest absolute Gasteiger partial charge is 0.407 e. The molecular weight excluding hydrogens is 372 g/mol. The van der Waals surface area contributed by atoms with Gasteiger partial charge in [0.1, 0.15) is 6.04 Å². The summed E-state index contributed by atoms with van der Waals surface area (Å²) >= 11 is 6.31. The first-order chi connectivity index (χ1) is 13.0. The summed E-state index contributed by atoms with van der Waals surface area (Å²) in [4.78, 5) is 42.6. The van der Waals surface area contributed by atoms with E-state index in [1.54, 1.807) is 12.1 Å². The van der Waals surface area contributed by atoms with Gasteiger partial charge in [0.15, 0.2) is 11.5 Å². The Morgan fingerprint density at radius 1 is 1.22 bits per heavy atom. The van der Waals surface area contributed by atoms with Crippen LogP contribution in [0.2, 0.25) is 5.02 Å². The number of anilines is 1. The topological polar surface area (TPSA) is 103 Å². The van der Waals surface area contributed by atoms with Crippen molar-refractivity contribution in [3.05, 3.63) is 47.1 Å². The number of hydrogen-bond donors (Lipinski definition) is 1. The van der Waals surface area contributed by atoms with E-state index in [1.807, 2.05) is 11.9 Å². The first-order valence-electron chi connectivity index (χ1n) is 8.42. The number of pyridine rings is 1. The average Bonchev–Trinajstić information content (AvgIpc) is 2.94. The molecule has 0 aliphatic carbocycles. The fourth-order valence-electron chi connectivity index (χ4n) is 3.69. The molecule has 1 N–H and O–H groups in total. The predicted octanol–water partition coefficient (Wildman–Crippen LogP) is 1.52. The summed E-state index contributed by atoms with van der Waals surface area (Å²) in [6.07, 6.45) is 3.45. The van der Waals surface area contributed by atoms with Crippen LogP contribution in [0.1, 0.15) is 22.2 Å². The zero-order valence-electron chi connectivity index (χ0n) is 14.5. The van der Waals surface area contributed by atoms with E-state index in [0.29, 0.717) is 30.4 Å². The van der Waals surface area contributed by atoms with E-state index in [0.717, 1.165) is 0 Å². The maximum absolute atomic E-state index is 13.1. The lowest BCUT2D eigenvalue weighted by atomic mass is 10.0. The predicted molar refractivity (Wildman–Crippen MR) is 96.8 cm³/mol. The molecule has 0 radical (unpaired) electrons. The van der Waals surface area contributed by atoms with Gasteiger partial charge >= 0.3 is 6.09 Å². The number of nitrogens with zero attached hydrogens (tertiary/aromatic N) is 6. The second-order valence-corrected chi connectivity index (χ2v) is 6.93. The van der Waals surface area contributed by atoms with Crippen molar-refractivity contribution in [1.82, 2.24) is 24.8 Å². The van der Waals surface area contributed by atoms with Crippen molar-refractivity contribution >= 4 is 29.4 Å². The Morgan fingerprint density at radius 3 is 2.74 bits per heavy atom. The average molecular weight is 389 g/mol. The van der Waals surface area contributed by atoms with Gasteiger partial charge in [-0.15, -0.1) is 0 Å². The van der Waals surface area contributed by atoms with Gasteiger partial charge in [-0.1, -0.05) is 11.6 Å². The van der Waals surface area contributed by atoms with Crippen LogP contribution in [0.3, 0.4) is 0 Å². The minimum Gasteiger partial charge on any atom is -0.465 e. The van der Waals surface area contributed by atoms with Gasteiger partial charge in [-0.25, -0.2) is 14.8 Å². The summed E-state index contributed by atoms with van der Waals surface area (Å²) < 4.78 is 0. The Bertz CT molecular complexity index is 910. The minimum atomic E-state index is -1.04. The maximum Gasteiger partial charge on any atom is 0.407 e. The van der Waals surface area contributed by atoms with Gasteiger partial charge in [-0.3, -0.25) is 14.7 Å². The Balaban J connectivity index is 1.87. The van der Waals surface area contributed by atoms with Crippen LogP contribution in [0.15, 0.2) is 30.7 Å². The van der Waals surface area contributed by atoms with Crippen LogP contribution in [0.25, 0.3) is 0 Å². The molecule has 0 spiro atoms. The lowest BCUT2D eigenvalue weighted by Gasteiger charge is -2.43. The van der Waals surface area contributed by atoms with Crippen molar-refractivity contribution in [3.63, 3.8) is 0 Å². The number of hydrogen-bond acceptors (Lipinski definition) is 6. The summed E-state index contributed by atoms with van der Waals surface area (Å²) in [6.45, 7) is 1.39. The van der Waals surface area contributed by atoms with Crippen molar-refractivity contribution in [2.45, 2.75) is 12.1 Å². The third-order valence-electron chi connectivity index (χ3n) is 4.91. The van der Waals surface area contributed by atoms with Crippen molar-refractivity contribution in [1.29, 1.82) is 0 Å². The molecule has 2 amide bonds. The van der Waals surface area contributed by atoms with Crippen LogP contribution in [-0.4, -0.2) is 74.6 Å². The molecule has 2 aromatic rings. The van der Waals surface area contributed by atoms with Crippen LogP contribution in [0.4, 0.5) is 10.6 Å². The molecule has 9 nitrogen and oxygen atoms in total. The highest BCUT2D eigenvalue weighted by atomic mass is 35.5. The van der Waals surface area contributed by atoms with Gasteiger partial charge in [0.25, 0.3) is 5.91 Å². The Labute approximate surface area is 160 Å². The molecule has 1 unspecified atom stereocenters. The Kier molecular flexibility index (Phi) is 4.40. The Hall–Kier alpha value is -2.78. The number of fused-ring (bicyclic) bond motifs is 1. The van der Waals surface area contributed by atoms with Gasteiger partial charge < -0.3 is 14.9 Å². The molecule has 1 fully saturated rings. The maximum atomic E-state index is 13.1. The quantitative estimate of drug-likeness (QED) is 0.831. The van der Waals surface area contributed by atoms with E-state index in [-0.39, 0.29) is 17.4 Å². The first kappa shape index (κ1) is 17.6. The normalized spacial score (nSPS) is 22.8. The van der Waals surface area contributed by atoms with Crippen LogP contribution < -0.4 is 4.90 Å². The molecule has 10 heteroatoms. The van der Waals surface area contributed by atoms with E-state index in [1.165, 1.54) is 28.4 Å². The molecule has 0 aromatic carbocycles. The van der Waals surface area contributed by atoms with Gasteiger partial charge in [-0.05, 0) is 19.2 Å². The summed E-state index contributed by atoms with van der Waals surface area (Å²) in [5, 5.41) is 10.0. The lowest BCUT2D eigenvalue weighted by molar-refractivity contribution is 0.0643. The van der Waals surface area contributed by atoms with Gasteiger partial charge in [0.05, 0.1) is 16.8 Å². The zero-order chi connectivity index (χ0) is 19.1. The SMILES string of the molecule is CN1CCN(C(=O)O)C([C@H]2c3nccnc3C(=O)N2c2ncccc2Cl)C1. The number of carbonyl (C=O) groups excluding carboxylic acids is 1. The molecule has 4 heterocycles. The molecule has 4 rings (SSSR count). The summed E-state index contributed by atoms with van der Waals surface area (Å²) in [6, 6.07) is 2.12. The number of carboxylic acid groups (broad SMARTS) is 1. The van der Waals surface area contributed by atoms with Crippen LogP contribution >= 0.6 is 11.6 Å². The van der Waals surface area contributed by atoms with E-state index < -0.39 is 18.2 Å². The third kappa shape index (κ3) is 2.88. The molecule has 1 saturated heterocycles. The van der Waals surface area contributed by atoms with Gasteiger partial charge in [0, 0.05) is 38.2 Å². The number of amides is 2. The lowest BCUT2D eigenvalue weighted by Crippen LogP contribution is -2.58. The summed E-state index contributed by atoms with van der Waals surface area (Å²) in [7, 11) is 1.92. The van der Waals surface area contributed by atoms with E-state index in [2.05, 4.69) is 15.0 Å². The third-order valence-corrected chi connectivity index (χ3v) is 5.20. The summed E-state index contributed by atoms with van der Waals surface area (Å²) in [5.74, 6) is -0.116. The molecule has 2 aromatic heterocycles. The molecule has 140 valence electrons. The van der Waals surface area contributed by atoms with Gasteiger partial charge in [0.2, 0.25) is 0 Å². The molecule has 2 atom stereocenters. The number of piperazine rings is 1. The molecule has 2 aliphatic rings. The molecule has 27 heavy (non-hydrogen) atoms. The number of halogens is 1. The highest BCUT2D eigenvalue weighted by Crippen LogP contribution is 2.41. The van der Waals surface area contributed by atoms with Crippen molar-refractivity contribution in [3.8, 4) is 0 Å². The van der Waals surface area contributed by atoms with Crippen LogP contribution in [-0.2, 0) is 0 Å². The van der Waals surface area contributed by atoms with Crippen molar-refractivity contribution in [2.24, 2.45) is 0 Å². The van der Waals surface area contributed by atoms with E-state index >= 15 is 0 Å². The molecule has 2 aliphatic heterocycles. The fourth-order valence-corrected chi connectivity index (χ4v) is 3.90. The van der Waals surface area contributed by atoms with Crippen molar-refractivity contribution < 1.29 is 14.7 Å². The number of likely N-dealkylation sites (N-methyl/N-ethyl adjacent to an activating group) is 1. The minimum absolute atomic E-state index is 0.197. The van der Waals surface area contributed by atoms with Crippen LogP contribution in [0, 0.1) is 0 Å². The number of aromatic nitrogens is 3. The largest absolute Gasteiger partial charge is 0.465 e. The molecule has 0 bridgehead atoms. The highest BCUT2D eigenvalue weighted by Gasteiger charge is 2.49. The second-order valence-electron chi connectivity index (χ2n) is 6.52. The highest BCUT2D eigenvalue weighted by molar-refractivity contribution is 6.33. The van der Waals surface area contributed by atoms with Crippen LogP contribution in [0.5, 0.6) is 0 Å². The molecule has 0 saturated carbocycles. The number of rotatable bonds is 2. The zero-order valence-corrected chi connectivity index (χ0v) is 15.2. The standard InChI is InChI=1S/C17H17ClN6O3/c1-22-7-8-23(17(26)27)11(9-22)14-12-13(20-6-5-19-12)16(25)24(14)15-10(18)3-2-4-21-15/h2-6,11,14H,7-9H2,1H3,(H,26,27)/t11?,14-/m0/s1. The van der Waals surface area contributed by atoms with E-state index in [9.17, 15) is 14.7 Å². The van der Waals surface area contributed by atoms with E-state index in [4.69, 9.17) is 11.6 Å². The van der Waals surface area contributed by atoms with Gasteiger partial charge in [-0.2, -0.15) is 0 Å². The summed E-state index contributed by atoms with van der Waals surface area (Å²) in [5.41, 5.74) is 0.638.